The molecule has 1 atom stereocenters. The van der Waals surface area contributed by atoms with Crippen LogP contribution in [0.4, 0.5) is 4.39 Å². The number of hydrogen-bond donors (Lipinski definition) is 2. The van der Waals surface area contributed by atoms with Crippen molar-refractivity contribution in [3.8, 4) is 0 Å². The summed E-state index contributed by atoms with van der Waals surface area (Å²) in [5.41, 5.74) is 4.62. The van der Waals surface area contributed by atoms with E-state index in [1.165, 1.54) is 12.1 Å². The van der Waals surface area contributed by atoms with Gasteiger partial charge in [-0.25, -0.2) is 4.39 Å². The zero-order valence-electron chi connectivity index (χ0n) is 11.5. The van der Waals surface area contributed by atoms with Crippen LogP contribution in [0.5, 0.6) is 0 Å². The maximum atomic E-state index is 13.1. The lowest BCUT2D eigenvalue weighted by molar-refractivity contribution is 0.505. The third kappa shape index (κ3) is 3.45. The number of rotatable bonds is 5. The molecule has 0 spiro atoms. The van der Waals surface area contributed by atoms with Gasteiger partial charge in [-0.3, -0.25) is 16.0 Å². The van der Waals surface area contributed by atoms with Gasteiger partial charge >= 0.3 is 0 Å². The standard InChI is InChI=1S/C14H18BrFN4/c1-9(2)20-6-5-11(19-20)8-14(18-17)12-4-3-10(16)7-13(12)15/h3-7,9,14,18H,8,17H2,1-2H3. The Morgan fingerprint density at radius 3 is 2.70 bits per heavy atom. The summed E-state index contributed by atoms with van der Waals surface area (Å²) in [6.45, 7) is 4.15. The van der Waals surface area contributed by atoms with E-state index in [0.29, 0.717) is 16.9 Å². The minimum atomic E-state index is -0.277. The highest BCUT2D eigenvalue weighted by atomic mass is 79.9. The van der Waals surface area contributed by atoms with E-state index in [2.05, 4.69) is 40.3 Å². The fourth-order valence-electron chi connectivity index (χ4n) is 2.03. The molecule has 0 radical (unpaired) electrons. The smallest absolute Gasteiger partial charge is 0.124 e. The zero-order chi connectivity index (χ0) is 14.7. The highest BCUT2D eigenvalue weighted by Gasteiger charge is 2.16. The first-order valence-electron chi connectivity index (χ1n) is 6.46. The van der Waals surface area contributed by atoms with Gasteiger partial charge in [0.1, 0.15) is 5.82 Å². The van der Waals surface area contributed by atoms with Crippen LogP contribution in [0.3, 0.4) is 0 Å². The molecule has 0 amide bonds. The topological polar surface area (TPSA) is 55.9 Å². The van der Waals surface area contributed by atoms with Crippen LogP contribution in [0.25, 0.3) is 0 Å². The molecule has 0 aliphatic heterocycles. The summed E-state index contributed by atoms with van der Waals surface area (Å²) in [5, 5.41) is 4.50. The maximum absolute atomic E-state index is 13.1. The van der Waals surface area contributed by atoms with Crippen molar-refractivity contribution < 1.29 is 4.39 Å². The fraction of sp³-hybridized carbons (Fsp3) is 0.357. The molecule has 4 nitrogen and oxygen atoms in total. The van der Waals surface area contributed by atoms with Crippen molar-refractivity contribution in [1.29, 1.82) is 0 Å². The number of aromatic nitrogens is 2. The van der Waals surface area contributed by atoms with Gasteiger partial charge in [0, 0.05) is 23.1 Å². The molecule has 108 valence electrons. The Balaban J connectivity index is 2.19. The average molecular weight is 341 g/mol. The van der Waals surface area contributed by atoms with Gasteiger partial charge in [-0.2, -0.15) is 5.10 Å². The van der Waals surface area contributed by atoms with E-state index in [0.717, 1.165) is 11.3 Å². The summed E-state index contributed by atoms with van der Waals surface area (Å²) in [4.78, 5) is 0. The van der Waals surface area contributed by atoms with E-state index < -0.39 is 0 Å². The molecule has 0 aliphatic carbocycles. The molecule has 1 aromatic heterocycles. The van der Waals surface area contributed by atoms with Crippen molar-refractivity contribution in [2.45, 2.75) is 32.4 Å². The average Bonchev–Trinajstić information content (AvgIpc) is 2.85. The maximum Gasteiger partial charge on any atom is 0.124 e. The van der Waals surface area contributed by atoms with E-state index in [9.17, 15) is 4.39 Å². The van der Waals surface area contributed by atoms with Crippen LogP contribution in [0.2, 0.25) is 0 Å². The van der Waals surface area contributed by atoms with Gasteiger partial charge in [0.2, 0.25) is 0 Å². The molecule has 0 bridgehead atoms. The second-order valence-corrected chi connectivity index (χ2v) is 5.82. The summed E-state index contributed by atoms with van der Waals surface area (Å²) in [6.07, 6.45) is 2.59. The van der Waals surface area contributed by atoms with Gasteiger partial charge in [0.15, 0.2) is 0 Å². The van der Waals surface area contributed by atoms with Crippen LogP contribution < -0.4 is 11.3 Å². The molecule has 2 aromatic rings. The van der Waals surface area contributed by atoms with Gasteiger partial charge in [0.05, 0.1) is 11.7 Å². The van der Waals surface area contributed by atoms with Crippen molar-refractivity contribution in [3.05, 3.63) is 52.0 Å². The van der Waals surface area contributed by atoms with Crippen LogP contribution in [-0.4, -0.2) is 9.78 Å². The number of nitrogens with one attached hydrogen (secondary N) is 1. The van der Waals surface area contributed by atoms with Gasteiger partial charge in [-0.15, -0.1) is 0 Å². The molecular formula is C14H18BrFN4. The largest absolute Gasteiger partial charge is 0.271 e. The van der Waals surface area contributed by atoms with Gasteiger partial charge < -0.3 is 0 Å². The van der Waals surface area contributed by atoms with Crippen LogP contribution in [0.15, 0.2) is 34.9 Å². The van der Waals surface area contributed by atoms with Crippen LogP contribution in [-0.2, 0) is 6.42 Å². The van der Waals surface area contributed by atoms with Crippen molar-refractivity contribution >= 4 is 15.9 Å². The molecule has 1 heterocycles. The lowest BCUT2D eigenvalue weighted by Crippen LogP contribution is -2.30. The normalized spacial score (nSPS) is 12.9. The Labute approximate surface area is 126 Å². The number of benzene rings is 1. The highest BCUT2D eigenvalue weighted by molar-refractivity contribution is 9.10. The molecule has 0 fully saturated rings. The number of nitrogens with zero attached hydrogens (tertiary/aromatic N) is 2. The lowest BCUT2D eigenvalue weighted by atomic mass is 10.0. The number of hydrazine groups is 1. The summed E-state index contributed by atoms with van der Waals surface area (Å²) in [6, 6.07) is 6.76. The van der Waals surface area contributed by atoms with E-state index in [4.69, 9.17) is 5.84 Å². The Kier molecular flexibility index (Phi) is 4.91. The van der Waals surface area contributed by atoms with Crippen LogP contribution >= 0.6 is 15.9 Å². The third-order valence-corrected chi connectivity index (χ3v) is 3.83. The van der Waals surface area contributed by atoms with E-state index in [1.54, 1.807) is 6.07 Å². The summed E-state index contributed by atoms with van der Waals surface area (Å²) in [5.74, 6) is 5.35. The molecular weight excluding hydrogens is 323 g/mol. The first-order valence-corrected chi connectivity index (χ1v) is 7.25. The minimum Gasteiger partial charge on any atom is -0.271 e. The quantitative estimate of drug-likeness (QED) is 0.649. The SMILES string of the molecule is CC(C)n1ccc(CC(NN)c2ccc(F)cc2Br)n1. The minimum absolute atomic E-state index is 0.125. The van der Waals surface area contributed by atoms with Crippen LogP contribution in [0, 0.1) is 5.82 Å². The monoisotopic (exact) mass is 340 g/mol. The Morgan fingerprint density at radius 2 is 2.15 bits per heavy atom. The first kappa shape index (κ1) is 15.2. The van der Waals surface area contributed by atoms with E-state index >= 15 is 0 Å². The number of nitrogens with two attached hydrogens (primary N) is 1. The first-order chi connectivity index (χ1) is 9.51. The fourth-order valence-corrected chi connectivity index (χ4v) is 2.65. The lowest BCUT2D eigenvalue weighted by Gasteiger charge is -2.17. The molecule has 0 saturated heterocycles. The van der Waals surface area contributed by atoms with Gasteiger partial charge in [0.25, 0.3) is 0 Å². The van der Waals surface area contributed by atoms with E-state index in [-0.39, 0.29) is 11.9 Å². The second kappa shape index (κ2) is 6.47. The van der Waals surface area contributed by atoms with Crippen LogP contribution in [0.1, 0.15) is 37.2 Å². The van der Waals surface area contributed by atoms with Crippen molar-refractivity contribution in [2.75, 3.05) is 0 Å². The highest BCUT2D eigenvalue weighted by Crippen LogP contribution is 2.26. The Morgan fingerprint density at radius 1 is 1.40 bits per heavy atom. The summed E-state index contributed by atoms with van der Waals surface area (Å²) in [7, 11) is 0. The summed E-state index contributed by atoms with van der Waals surface area (Å²) < 4.78 is 15.7. The van der Waals surface area contributed by atoms with Gasteiger partial charge in [-0.05, 0) is 37.6 Å². The summed E-state index contributed by atoms with van der Waals surface area (Å²) >= 11 is 3.37. The molecule has 20 heavy (non-hydrogen) atoms. The van der Waals surface area contributed by atoms with E-state index in [1.807, 2.05) is 16.9 Å². The molecule has 0 saturated carbocycles. The number of hydrogen-bond acceptors (Lipinski definition) is 3. The number of halogens is 2. The van der Waals surface area contributed by atoms with Crippen molar-refractivity contribution in [1.82, 2.24) is 15.2 Å². The Bertz CT molecular complexity index is 582. The molecule has 0 aliphatic rings. The van der Waals surface area contributed by atoms with Crippen molar-refractivity contribution in [3.63, 3.8) is 0 Å². The molecule has 6 heteroatoms. The Hall–Kier alpha value is -1.24. The molecule has 3 N–H and O–H groups in total. The zero-order valence-corrected chi connectivity index (χ0v) is 13.1. The predicted octanol–water partition coefficient (Wildman–Crippen LogP) is 3.11. The molecule has 1 unspecified atom stereocenters. The molecule has 2 rings (SSSR count). The predicted molar refractivity (Wildman–Crippen MR) is 80.5 cm³/mol. The van der Waals surface area contributed by atoms with Gasteiger partial charge in [-0.1, -0.05) is 22.0 Å². The second-order valence-electron chi connectivity index (χ2n) is 4.97. The van der Waals surface area contributed by atoms with Crippen molar-refractivity contribution in [2.24, 2.45) is 5.84 Å². The molecule has 1 aromatic carbocycles. The third-order valence-electron chi connectivity index (χ3n) is 3.15.